The summed E-state index contributed by atoms with van der Waals surface area (Å²) in [6, 6.07) is 5.02. The zero-order valence-electron chi connectivity index (χ0n) is 16.4. The molecule has 2 aromatic carbocycles. The summed E-state index contributed by atoms with van der Waals surface area (Å²) in [5.41, 5.74) is -2.80. The molecule has 0 radical (unpaired) electrons. The molecule has 0 saturated heterocycles. The van der Waals surface area contributed by atoms with Crippen LogP contribution < -0.4 is 14.2 Å². The molecule has 12 heteroatoms. The van der Waals surface area contributed by atoms with Crippen molar-refractivity contribution in [2.75, 3.05) is 20.3 Å². The maximum atomic E-state index is 13.0. The van der Waals surface area contributed by atoms with E-state index in [1.165, 1.54) is 7.11 Å². The summed E-state index contributed by atoms with van der Waals surface area (Å²) < 4.78 is 115. The Bertz CT molecular complexity index is 987. The highest BCUT2D eigenvalue weighted by Gasteiger charge is 2.38. The molecule has 2 aromatic rings. The van der Waals surface area contributed by atoms with Gasteiger partial charge in [0.1, 0.15) is 0 Å². The van der Waals surface area contributed by atoms with Gasteiger partial charge in [0.15, 0.2) is 11.5 Å². The number of rotatable bonds is 8. The summed E-state index contributed by atoms with van der Waals surface area (Å²) in [4.78, 5) is -1.13. The maximum Gasteiger partial charge on any atom is 0.416 e. The van der Waals surface area contributed by atoms with Gasteiger partial charge in [-0.15, -0.1) is 0 Å². The van der Waals surface area contributed by atoms with E-state index in [0.29, 0.717) is 23.7 Å². The molecule has 0 saturated carbocycles. The molecule has 0 atom stereocenters. The second-order valence-corrected chi connectivity index (χ2v) is 8.07. The molecule has 0 aliphatic rings. The number of halogens is 6. The monoisotopic (exact) mass is 471 g/mol. The molecule has 0 aliphatic carbocycles. The summed E-state index contributed by atoms with van der Waals surface area (Å²) in [7, 11) is -3.22. The highest BCUT2D eigenvalue weighted by atomic mass is 32.2. The Balaban J connectivity index is 2.23. The number of ether oxygens (including phenoxy) is 2. The minimum Gasteiger partial charge on any atom is -0.493 e. The van der Waals surface area contributed by atoms with Crippen LogP contribution in [0.5, 0.6) is 11.5 Å². The topological polar surface area (TPSA) is 64.6 Å². The maximum absolute atomic E-state index is 13.0. The standard InChI is InChI=1S/C19H19F6NO4S/c1-3-30-16-5-4-12(8-17(16)29-2)6-7-26-31(27,28)15-10-13(18(20,21)22)9-14(11-15)19(23,24)25/h4-5,8-11,26H,3,6-7H2,1-2H3. The quantitative estimate of drug-likeness (QED) is 0.570. The van der Waals surface area contributed by atoms with Crippen molar-refractivity contribution < 1.29 is 44.2 Å². The fourth-order valence-corrected chi connectivity index (χ4v) is 3.74. The van der Waals surface area contributed by atoms with Crippen LogP contribution in [0.1, 0.15) is 23.6 Å². The third kappa shape index (κ3) is 6.50. The molecule has 1 N–H and O–H groups in total. The van der Waals surface area contributed by atoms with Gasteiger partial charge in [-0.2, -0.15) is 26.3 Å². The van der Waals surface area contributed by atoms with Gasteiger partial charge in [-0.3, -0.25) is 0 Å². The number of hydrogen-bond acceptors (Lipinski definition) is 4. The van der Waals surface area contributed by atoms with Gasteiger partial charge in [-0.05, 0) is 49.2 Å². The van der Waals surface area contributed by atoms with Gasteiger partial charge < -0.3 is 9.47 Å². The average molecular weight is 471 g/mol. The van der Waals surface area contributed by atoms with E-state index in [2.05, 4.69) is 0 Å². The minimum atomic E-state index is -5.15. The highest BCUT2D eigenvalue weighted by Crippen LogP contribution is 2.37. The fourth-order valence-electron chi connectivity index (χ4n) is 2.64. The molecule has 172 valence electrons. The average Bonchev–Trinajstić information content (AvgIpc) is 2.67. The molecule has 0 amide bonds. The van der Waals surface area contributed by atoms with E-state index in [4.69, 9.17) is 9.47 Å². The summed E-state index contributed by atoms with van der Waals surface area (Å²) in [6.07, 6.45) is -10.2. The summed E-state index contributed by atoms with van der Waals surface area (Å²) in [6.45, 7) is 1.91. The van der Waals surface area contributed by atoms with Crippen molar-refractivity contribution in [3.63, 3.8) is 0 Å². The Morgan fingerprint density at radius 1 is 0.903 bits per heavy atom. The van der Waals surface area contributed by atoms with Crippen molar-refractivity contribution in [3.05, 3.63) is 53.1 Å². The van der Waals surface area contributed by atoms with Crippen LogP contribution in [-0.4, -0.2) is 28.7 Å². The number of sulfonamides is 1. The van der Waals surface area contributed by atoms with Gasteiger partial charge in [-0.25, -0.2) is 13.1 Å². The number of methoxy groups -OCH3 is 1. The number of hydrogen-bond donors (Lipinski definition) is 1. The Morgan fingerprint density at radius 2 is 1.48 bits per heavy atom. The Hall–Kier alpha value is -2.47. The molecule has 0 spiro atoms. The fraction of sp³-hybridized carbons (Fsp3) is 0.368. The van der Waals surface area contributed by atoms with Crippen molar-refractivity contribution in [3.8, 4) is 11.5 Å². The molecular weight excluding hydrogens is 452 g/mol. The van der Waals surface area contributed by atoms with Crippen molar-refractivity contribution in [1.29, 1.82) is 0 Å². The number of nitrogens with one attached hydrogen (secondary N) is 1. The highest BCUT2D eigenvalue weighted by molar-refractivity contribution is 7.89. The zero-order valence-corrected chi connectivity index (χ0v) is 17.2. The third-order valence-electron chi connectivity index (χ3n) is 4.11. The Morgan fingerprint density at radius 3 is 1.97 bits per heavy atom. The van der Waals surface area contributed by atoms with E-state index in [0.717, 1.165) is 0 Å². The first-order valence-corrected chi connectivity index (χ1v) is 10.3. The molecule has 0 aliphatic heterocycles. The van der Waals surface area contributed by atoms with Crippen LogP contribution in [0.2, 0.25) is 0 Å². The van der Waals surface area contributed by atoms with Gasteiger partial charge in [0.2, 0.25) is 10.0 Å². The molecule has 0 aromatic heterocycles. The number of alkyl halides is 6. The molecule has 31 heavy (non-hydrogen) atoms. The van der Waals surface area contributed by atoms with Crippen LogP contribution in [0, 0.1) is 0 Å². The first-order chi connectivity index (χ1) is 14.3. The van der Waals surface area contributed by atoms with Crippen molar-refractivity contribution in [2.45, 2.75) is 30.6 Å². The smallest absolute Gasteiger partial charge is 0.416 e. The van der Waals surface area contributed by atoms with Gasteiger partial charge in [-0.1, -0.05) is 6.07 Å². The van der Waals surface area contributed by atoms with E-state index >= 15 is 0 Å². The van der Waals surface area contributed by atoms with Crippen LogP contribution in [0.15, 0.2) is 41.3 Å². The summed E-state index contributed by atoms with van der Waals surface area (Å²) >= 11 is 0. The number of benzene rings is 2. The van der Waals surface area contributed by atoms with Crippen LogP contribution in [0.25, 0.3) is 0 Å². The van der Waals surface area contributed by atoms with Gasteiger partial charge in [0, 0.05) is 6.54 Å². The molecule has 5 nitrogen and oxygen atoms in total. The second-order valence-electron chi connectivity index (χ2n) is 6.31. The van der Waals surface area contributed by atoms with Crippen molar-refractivity contribution in [2.24, 2.45) is 0 Å². The van der Waals surface area contributed by atoms with Gasteiger partial charge >= 0.3 is 12.4 Å². The Labute approximate surface area is 175 Å². The lowest BCUT2D eigenvalue weighted by Gasteiger charge is -2.15. The SMILES string of the molecule is CCOc1ccc(CCNS(=O)(=O)c2cc(C(F)(F)F)cc(C(F)(F)F)c2)cc1OC. The predicted molar refractivity (Wildman–Crippen MR) is 99.5 cm³/mol. The first-order valence-electron chi connectivity index (χ1n) is 8.86. The van der Waals surface area contributed by atoms with E-state index in [-0.39, 0.29) is 31.2 Å². The van der Waals surface area contributed by atoms with E-state index in [9.17, 15) is 34.8 Å². The molecular formula is C19H19F6NO4S. The van der Waals surface area contributed by atoms with Gasteiger partial charge in [0.05, 0.1) is 29.7 Å². The van der Waals surface area contributed by atoms with Crippen molar-refractivity contribution in [1.82, 2.24) is 4.72 Å². The zero-order chi connectivity index (χ0) is 23.4. The normalized spacial score (nSPS) is 12.6. The first kappa shape index (κ1) is 24.8. The summed E-state index contributed by atoms with van der Waals surface area (Å²) in [5.74, 6) is 0.868. The van der Waals surface area contributed by atoms with E-state index in [1.807, 2.05) is 4.72 Å². The van der Waals surface area contributed by atoms with Crippen LogP contribution >= 0.6 is 0 Å². The lowest BCUT2D eigenvalue weighted by molar-refractivity contribution is -0.143. The van der Waals surface area contributed by atoms with Crippen LogP contribution in [0.3, 0.4) is 0 Å². The van der Waals surface area contributed by atoms with E-state index < -0.39 is 38.4 Å². The molecule has 0 heterocycles. The van der Waals surface area contributed by atoms with Crippen LogP contribution in [0.4, 0.5) is 26.3 Å². The summed E-state index contributed by atoms with van der Waals surface area (Å²) in [5, 5.41) is 0. The van der Waals surface area contributed by atoms with Crippen molar-refractivity contribution >= 4 is 10.0 Å². The Kier molecular flexibility index (Phi) is 7.48. The molecule has 0 bridgehead atoms. The van der Waals surface area contributed by atoms with E-state index in [1.54, 1.807) is 25.1 Å². The largest absolute Gasteiger partial charge is 0.493 e. The third-order valence-corrected chi connectivity index (χ3v) is 5.55. The molecule has 0 fully saturated rings. The lowest BCUT2D eigenvalue weighted by atomic mass is 10.1. The minimum absolute atomic E-state index is 0.104. The molecule has 2 rings (SSSR count). The van der Waals surface area contributed by atoms with Crippen LogP contribution in [-0.2, 0) is 28.8 Å². The van der Waals surface area contributed by atoms with Gasteiger partial charge in [0.25, 0.3) is 0 Å². The second kappa shape index (κ2) is 9.35. The molecule has 0 unspecified atom stereocenters. The lowest BCUT2D eigenvalue weighted by Crippen LogP contribution is -2.27. The predicted octanol–water partition coefficient (Wildman–Crippen LogP) is 4.65.